The fraction of sp³-hybridized carbons (Fsp3) is 0.235. The molecule has 2 N–H and O–H groups in total. The SMILES string of the molecule is NCCOC(=O)C(Oc1cccc(C(F)(F)F)c1)c1ccc(Cl)cc1. The molecule has 0 fully saturated rings. The lowest BCUT2D eigenvalue weighted by Gasteiger charge is -2.19. The highest BCUT2D eigenvalue weighted by Gasteiger charge is 2.31. The van der Waals surface area contributed by atoms with E-state index in [4.69, 9.17) is 26.8 Å². The average molecular weight is 374 g/mol. The second kappa shape index (κ2) is 8.22. The Bertz CT molecular complexity index is 720. The first-order valence-electron chi connectivity index (χ1n) is 7.27. The van der Waals surface area contributed by atoms with Crippen molar-refractivity contribution in [2.24, 2.45) is 5.73 Å². The van der Waals surface area contributed by atoms with E-state index in [1.807, 2.05) is 0 Å². The first-order valence-corrected chi connectivity index (χ1v) is 7.65. The number of carbonyl (C=O) groups excluding carboxylic acids is 1. The smallest absolute Gasteiger partial charge is 0.416 e. The molecule has 4 nitrogen and oxygen atoms in total. The van der Waals surface area contributed by atoms with Gasteiger partial charge in [0.1, 0.15) is 12.4 Å². The van der Waals surface area contributed by atoms with E-state index in [-0.39, 0.29) is 18.9 Å². The highest BCUT2D eigenvalue weighted by Crippen LogP contribution is 2.33. The molecule has 2 aromatic rings. The van der Waals surface area contributed by atoms with Gasteiger partial charge in [0.05, 0.1) is 5.56 Å². The molecule has 0 aliphatic carbocycles. The predicted molar refractivity (Wildman–Crippen MR) is 86.3 cm³/mol. The van der Waals surface area contributed by atoms with Gasteiger partial charge in [-0.25, -0.2) is 4.79 Å². The second-order valence-electron chi connectivity index (χ2n) is 5.03. The van der Waals surface area contributed by atoms with Crippen LogP contribution in [0.1, 0.15) is 17.2 Å². The van der Waals surface area contributed by atoms with Crippen LogP contribution in [0.3, 0.4) is 0 Å². The molecule has 0 aliphatic rings. The van der Waals surface area contributed by atoms with Crippen molar-refractivity contribution in [1.29, 1.82) is 0 Å². The molecule has 0 aliphatic heterocycles. The summed E-state index contributed by atoms with van der Waals surface area (Å²) in [6.45, 7) is 0.0809. The van der Waals surface area contributed by atoms with Crippen molar-refractivity contribution in [2.75, 3.05) is 13.2 Å². The van der Waals surface area contributed by atoms with Crippen LogP contribution in [0.5, 0.6) is 5.75 Å². The van der Waals surface area contributed by atoms with Crippen LogP contribution in [0.15, 0.2) is 48.5 Å². The maximum Gasteiger partial charge on any atom is 0.416 e. The van der Waals surface area contributed by atoms with E-state index in [0.29, 0.717) is 10.6 Å². The largest absolute Gasteiger partial charge is 0.474 e. The maximum absolute atomic E-state index is 12.8. The van der Waals surface area contributed by atoms with Crippen molar-refractivity contribution < 1.29 is 27.4 Å². The fourth-order valence-corrected chi connectivity index (χ4v) is 2.13. The molecule has 0 radical (unpaired) electrons. The molecule has 25 heavy (non-hydrogen) atoms. The summed E-state index contributed by atoms with van der Waals surface area (Å²) < 4.78 is 48.9. The van der Waals surface area contributed by atoms with E-state index in [1.54, 1.807) is 0 Å². The maximum atomic E-state index is 12.8. The molecule has 2 rings (SSSR count). The van der Waals surface area contributed by atoms with E-state index >= 15 is 0 Å². The van der Waals surface area contributed by atoms with Crippen molar-refractivity contribution in [3.63, 3.8) is 0 Å². The van der Waals surface area contributed by atoms with Gasteiger partial charge in [0.25, 0.3) is 0 Å². The van der Waals surface area contributed by atoms with Crippen LogP contribution in [0.25, 0.3) is 0 Å². The van der Waals surface area contributed by atoms with Gasteiger partial charge in [-0.05, 0) is 30.3 Å². The molecular weight excluding hydrogens is 359 g/mol. The highest BCUT2D eigenvalue weighted by molar-refractivity contribution is 6.30. The Morgan fingerprint density at radius 3 is 2.44 bits per heavy atom. The Morgan fingerprint density at radius 1 is 1.16 bits per heavy atom. The molecule has 1 atom stereocenters. The molecule has 0 bridgehead atoms. The third kappa shape index (κ3) is 5.37. The minimum absolute atomic E-state index is 0.0329. The van der Waals surface area contributed by atoms with Gasteiger partial charge in [-0.2, -0.15) is 13.2 Å². The Morgan fingerprint density at radius 2 is 1.84 bits per heavy atom. The van der Waals surface area contributed by atoms with Crippen LogP contribution in [0.4, 0.5) is 13.2 Å². The molecular formula is C17H15ClF3NO3. The van der Waals surface area contributed by atoms with Crippen molar-refractivity contribution in [2.45, 2.75) is 12.3 Å². The van der Waals surface area contributed by atoms with E-state index < -0.39 is 23.8 Å². The Hall–Kier alpha value is -2.25. The Balaban J connectivity index is 2.30. The zero-order valence-electron chi connectivity index (χ0n) is 12.9. The molecule has 0 aromatic heterocycles. The minimum Gasteiger partial charge on any atom is -0.474 e. The highest BCUT2D eigenvalue weighted by atomic mass is 35.5. The van der Waals surface area contributed by atoms with Gasteiger partial charge in [-0.1, -0.05) is 29.8 Å². The zero-order chi connectivity index (χ0) is 18.4. The number of benzene rings is 2. The third-order valence-electron chi connectivity index (χ3n) is 3.16. The van der Waals surface area contributed by atoms with Crippen molar-refractivity contribution in [1.82, 2.24) is 0 Å². The lowest BCUT2D eigenvalue weighted by molar-refractivity contribution is -0.152. The standard InChI is InChI=1S/C17H15ClF3NO3/c18-13-6-4-11(5-7-13)15(16(23)24-9-8-22)25-14-3-1-2-12(10-14)17(19,20)21/h1-7,10,15H,8-9,22H2. The van der Waals surface area contributed by atoms with E-state index in [2.05, 4.69) is 0 Å². The predicted octanol–water partition coefficient (Wildman–Crippen LogP) is 3.98. The van der Waals surface area contributed by atoms with E-state index in [1.165, 1.54) is 36.4 Å². The van der Waals surface area contributed by atoms with Crippen molar-refractivity contribution >= 4 is 17.6 Å². The van der Waals surface area contributed by atoms with Crippen molar-refractivity contribution in [3.05, 3.63) is 64.7 Å². The number of ether oxygens (including phenoxy) is 2. The number of hydrogen-bond donors (Lipinski definition) is 1. The molecule has 0 amide bonds. The van der Waals surface area contributed by atoms with Crippen molar-refractivity contribution in [3.8, 4) is 5.75 Å². The summed E-state index contributed by atoms with van der Waals surface area (Å²) in [5.74, 6) is -0.871. The molecule has 0 heterocycles. The lowest BCUT2D eigenvalue weighted by atomic mass is 10.1. The number of halogens is 4. The quantitative estimate of drug-likeness (QED) is 0.778. The number of alkyl halides is 3. The van der Waals surface area contributed by atoms with Crippen LogP contribution < -0.4 is 10.5 Å². The summed E-state index contributed by atoms with van der Waals surface area (Å²) in [6.07, 6.45) is -5.76. The van der Waals surface area contributed by atoms with Crippen LogP contribution in [-0.4, -0.2) is 19.1 Å². The van der Waals surface area contributed by atoms with Gasteiger partial charge in [-0.3, -0.25) is 0 Å². The molecule has 0 saturated heterocycles. The topological polar surface area (TPSA) is 61.5 Å². The molecule has 134 valence electrons. The van der Waals surface area contributed by atoms with Gasteiger partial charge in [-0.15, -0.1) is 0 Å². The molecule has 0 spiro atoms. The van der Waals surface area contributed by atoms with Gasteiger partial charge in [0, 0.05) is 17.1 Å². The Kier molecular flexibility index (Phi) is 6.27. The normalized spacial score (nSPS) is 12.5. The van der Waals surface area contributed by atoms with Crippen LogP contribution in [0, 0.1) is 0 Å². The summed E-state index contributed by atoms with van der Waals surface area (Å²) in [5.41, 5.74) is 4.81. The van der Waals surface area contributed by atoms with Crippen LogP contribution in [-0.2, 0) is 15.7 Å². The summed E-state index contributed by atoms with van der Waals surface area (Å²) >= 11 is 5.81. The van der Waals surface area contributed by atoms with Gasteiger partial charge in [0.2, 0.25) is 6.10 Å². The summed E-state index contributed by atoms with van der Waals surface area (Å²) in [6, 6.07) is 10.4. The summed E-state index contributed by atoms with van der Waals surface area (Å²) in [4.78, 5) is 12.2. The third-order valence-corrected chi connectivity index (χ3v) is 3.42. The van der Waals surface area contributed by atoms with Crippen LogP contribution in [0.2, 0.25) is 5.02 Å². The van der Waals surface area contributed by atoms with Crippen LogP contribution >= 0.6 is 11.6 Å². The molecule has 8 heteroatoms. The first-order chi connectivity index (χ1) is 11.8. The molecule has 0 saturated carbocycles. The number of hydrogen-bond acceptors (Lipinski definition) is 4. The monoisotopic (exact) mass is 373 g/mol. The second-order valence-corrected chi connectivity index (χ2v) is 5.47. The van der Waals surface area contributed by atoms with Gasteiger partial charge < -0.3 is 15.2 Å². The fourth-order valence-electron chi connectivity index (χ4n) is 2.01. The number of carbonyl (C=O) groups is 1. The zero-order valence-corrected chi connectivity index (χ0v) is 13.7. The Labute approximate surface area is 147 Å². The summed E-state index contributed by atoms with van der Waals surface area (Å²) in [7, 11) is 0. The summed E-state index contributed by atoms with van der Waals surface area (Å²) in [5, 5.41) is 0.442. The number of nitrogens with two attached hydrogens (primary N) is 1. The average Bonchev–Trinajstić information content (AvgIpc) is 2.58. The van der Waals surface area contributed by atoms with Gasteiger partial charge >= 0.3 is 12.1 Å². The molecule has 1 unspecified atom stereocenters. The van der Waals surface area contributed by atoms with E-state index in [9.17, 15) is 18.0 Å². The van der Waals surface area contributed by atoms with Gasteiger partial charge in [0.15, 0.2) is 0 Å². The number of rotatable bonds is 6. The molecule has 2 aromatic carbocycles. The first kappa shape index (κ1) is 19.1. The number of esters is 1. The van der Waals surface area contributed by atoms with E-state index in [0.717, 1.165) is 12.1 Å². The minimum atomic E-state index is -4.52. The lowest BCUT2D eigenvalue weighted by Crippen LogP contribution is -2.24.